The molecule has 3 rings (SSSR count). The fourth-order valence-corrected chi connectivity index (χ4v) is 3.97. The first-order chi connectivity index (χ1) is 14.3. The summed E-state index contributed by atoms with van der Waals surface area (Å²) in [4.78, 5) is 9.80. The molecule has 2 N–H and O–H groups in total. The third-order valence-corrected chi connectivity index (χ3v) is 5.72. The summed E-state index contributed by atoms with van der Waals surface area (Å²) in [6, 6.07) is 9.00. The minimum Gasteiger partial charge on any atom is -0.379 e. The van der Waals surface area contributed by atoms with E-state index in [1.165, 1.54) is 49.9 Å². The number of hydrogen-bond acceptors (Lipinski definition) is 4. The van der Waals surface area contributed by atoms with Gasteiger partial charge in [-0.05, 0) is 44.0 Å². The Morgan fingerprint density at radius 1 is 0.897 bits per heavy atom. The van der Waals surface area contributed by atoms with E-state index in [4.69, 9.17) is 9.73 Å². The molecule has 6 nitrogen and oxygen atoms in total. The van der Waals surface area contributed by atoms with Crippen molar-refractivity contribution in [2.45, 2.75) is 45.7 Å². The van der Waals surface area contributed by atoms with Crippen LogP contribution >= 0.6 is 0 Å². The molecule has 2 saturated heterocycles. The molecule has 0 spiro atoms. The Hall–Kier alpha value is -1.63. The Balaban J connectivity index is 1.44. The van der Waals surface area contributed by atoms with Crippen LogP contribution in [-0.2, 0) is 17.8 Å². The Morgan fingerprint density at radius 2 is 1.59 bits per heavy atom. The zero-order valence-electron chi connectivity index (χ0n) is 18.2. The molecule has 0 aromatic heterocycles. The Kier molecular flexibility index (Phi) is 9.76. The van der Waals surface area contributed by atoms with Crippen LogP contribution in [0.3, 0.4) is 0 Å². The maximum absolute atomic E-state index is 5.41. The zero-order chi connectivity index (χ0) is 20.2. The van der Waals surface area contributed by atoms with Crippen molar-refractivity contribution >= 4 is 5.96 Å². The number of aliphatic imine (C=N–C) groups is 1. The molecule has 2 heterocycles. The monoisotopic (exact) mass is 401 g/mol. The number of hydrogen-bond donors (Lipinski definition) is 2. The maximum atomic E-state index is 5.41. The SMILES string of the molecule is CCNC(=NCc1ccc(CN2CCCCCC2)cc1)NCCN1CCOCC1. The molecule has 0 bridgehead atoms. The van der Waals surface area contributed by atoms with Gasteiger partial charge in [0.1, 0.15) is 0 Å². The number of benzene rings is 1. The normalized spacial score (nSPS) is 19.7. The molecule has 0 aliphatic carbocycles. The number of nitrogens with one attached hydrogen (secondary N) is 2. The second kappa shape index (κ2) is 12.8. The van der Waals surface area contributed by atoms with Crippen LogP contribution in [0.5, 0.6) is 0 Å². The molecule has 0 saturated carbocycles. The van der Waals surface area contributed by atoms with Crippen LogP contribution in [0.25, 0.3) is 0 Å². The lowest BCUT2D eigenvalue weighted by Crippen LogP contribution is -2.44. The fourth-order valence-electron chi connectivity index (χ4n) is 3.97. The maximum Gasteiger partial charge on any atom is 0.191 e. The highest BCUT2D eigenvalue weighted by molar-refractivity contribution is 5.79. The summed E-state index contributed by atoms with van der Waals surface area (Å²) in [5.74, 6) is 0.898. The summed E-state index contributed by atoms with van der Waals surface area (Å²) < 4.78 is 5.41. The van der Waals surface area contributed by atoms with E-state index in [-0.39, 0.29) is 0 Å². The third kappa shape index (κ3) is 8.33. The topological polar surface area (TPSA) is 52.1 Å². The van der Waals surface area contributed by atoms with Crippen LogP contribution in [0.2, 0.25) is 0 Å². The van der Waals surface area contributed by atoms with Gasteiger partial charge in [-0.1, -0.05) is 37.1 Å². The highest BCUT2D eigenvalue weighted by Crippen LogP contribution is 2.14. The molecule has 0 atom stereocenters. The number of nitrogens with zero attached hydrogens (tertiary/aromatic N) is 3. The van der Waals surface area contributed by atoms with E-state index in [0.717, 1.165) is 58.4 Å². The average Bonchev–Trinajstić information content (AvgIpc) is 3.02. The van der Waals surface area contributed by atoms with Crippen LogP contribution in [0, 0.1) is 0 Å². The van der Waals surface area contributed by atoms with E-state index >= 15 is 0 Å². The molecule has 0 amide bonds. The van der Waals surface area contributed by atoms with Gasteiger partial charge in [-0.15, -0.1) is 0 Å². The van der Waals surface area contributed by atoms with Gasteiger partial charge in [0.25, 0.3) is 0 Å². The highest BCUT2D eigenvalue weighted by atomic mass is 16.5. The molecule has 0 unspecified atom stereocenters. The first-order valence-corrected chi connectivity index (χ1v) is 11.5. The van der Waals surface area contributed by atoms with E-state index in [2.05, 4.69) is 51.6 Å². The quantitative estimate of drug-likeness (QED) is 0.518. The fraction of sp³-hybridized carbons (Fsp3) is 0.696. The lowest BCUT2D eigenvalue weighted by atomic mass is 10.1. The van der Waals surface area contributed by atoms with Gasteiger partial charge in [0, 0.05) is 39.3 Å². The van der Waals surface area contributed by atoms with Gasteiger partial charge >= 0.3 is 0 Å². The third-order valence-electron chi connectivity index (χ3n) is 5.72. The molecule has 2 aliphatic heterocycles. The molecule has 0 radical (unpaired) electrons. The van der Waals surface area contributed by atoms with Crippen LogP contribution in [0.4, 0.5) is 0 Å². The van der Waals surface area contributed by atoms with Gasteiger partial charge in [0.2, 0.25) is 0 Å². The number of rotatable bonds is 8. The summed E-state index contributed by atoms with van der Waals surface area (Å²) in [6.45, 7) is 12.9. The van der Waals surface area contributed by atoms with Crippen molar-refractivity contribution in [1.82, 2.24) is 20.4 Å². The molecule has 2 fully saturated rings. The van der Waals surface area contributed by atoms with Crippen molar-refractivity contribution in [2.75, 3.05) is 59.0 Å². The van der Waals surface area contributed by atoms with Crippen molar-refractivity contribution in [3.05, 3.63) is 35.4 Å². The highest BCUT2D eigenvalue weighted by Gasteiger charge is 2.10. The van der Waals surface area contributed by atoms with Gasteiger partial charge in [-0.25, -0.2) is 4.99 Å². The Morgan fingerprint density at radius 3 is 2.28 bits per heavy atom. The molecule has 2 aliphatic rings. The largest absolute Gasteiger partial charge is 0.379 e. The molecular weight excluding hydrogens is 362 g/mol. The molecule has 1 aromatic rings. The van der Waals surface area contributed by atoms with Crippen LogP contribution < -0.4 is 10.6 Å². The predicted molar refractivity (Wildman–Crippen MR) is 120 cm³/mol. The van der Waals surface area contributed by atoms with Crippen molar-refractivity contribution in [1.29, 1.82) is 0 Å². The zero-order valence-corrected chi connectivity index (χ0v) is 18.2. The van der Waals surface area contributed by atoms with Crippen molar-refractivity contribution < 1.29 is 4.74 Å². The van der Waals surface area contributed by atoms with Crippen LogP contribution in [0.15, 0.2) is 29.3 Å². The summed E-state index contributed by atoms with van der Waals surface area (Å²) in [7, 11) is 0. The smallest absolute Gasteiger partial charge is 0.191 e. The van der Waals surface area contributed by atoms with Gasteiger partial charge in [-0.2, -0.15) is 0 Å². The molecule has 1 aromatic carbocycles. The van der Waals surface area contributed by atoms with Crippen molar-refractivity contribution in [3.8, 4) is 0 Å². The average molecular weight is 402 g/mol. The standard InChI is InChI=1S/C23H39N5O/c1-2-24-23(25-11-14-27-15-17-29-18-16-27)26-19-21-7-9-22(10-8-21)20-28-12-5-3-4-6-13-28/h7-10H,2-6,11-20H2,1H3,(H2,24,25,26). The summed E-state index contributed by atoms with van der Waals surface area (Å²) >= 11 is 0. The van der Waals surface area contributed by atoms with Gasteiger partial charge in [0.15, 0.2) is 5.96 Å². The summed E-state index contributed by atoms with van der Waals surface area (Å²) in [5.41, 5.74) is 2.67. The van der Waals surface area contributed by atoms with E-state index < -0.39 is 0 Å². The summed E-state index contributed by atoms with van der Waals surface area (Å²) in [5, 5.41) is 6.81. The van der Waals surface area contributed by atoms with E-state index in [1.54, 1.807) is 0 Å². The predicted octanol–water partition coefficient (Wildman–Crippen LogP) is 2.45. The minimum absolute atomic E-state index is 0.705. The van der Waals surface area contributed by atoms with E-state index in [9.17, 15) is 0 Å². The van der Waals surface area contributed by atoms with Gasteiger partial charge < -0.3 is 15.4 Å². The van der Waals surface area contributed by atoms with Gasteiger partial charge in [-0.3, -0.25) is 9.80 Å². The van der Waals surface area contributed by atoms with Gasteiger partial charge in [0.05, 0.1) is 19.8 Å². The second-order valence-corrected chi connectivity index (χ2v) is 8.08. The first kappa shape index (κ1) is 22.1. The Bertz CT molecular complexity index is 590. The summed E-state index contributed by atoms with van der Waals surface area (Å²) in [6.07, 6.45) is 5.47. The number of morpholine rings is 1. The second-order valence-electron chi connectivity index (χ2n) is 8.08. The number of guanidine groups is 1. The van der Waals surface area contributed by atoms with Crippen molar-refractivity contribution in [3.63, 3.8) is 0 Å². The van der Waals surface area contributed by atoms with E-state index in [1.807, 2.05) is 0 Å². The molecular formula is C23H39N5O. The van der Waals surface area contributed by atoms with E-state index in [0.29, 0.717) is 6.54 Å². The first-order valence-electron chi connectivity index (χ1n) is 11.5. The number of ether oxygens (including phenoxy) is 1. The van der Waals surface area contributed by atoms with Crippen LogP contribution in [-0.4, -0.2) is 74.8 Å². The van der Waals surface area contributed by atoms with Crippen LogP contribution in [0.1, 0.15) is 43.7 Å². The lowest BCUT2D eigenvalue weighted by molar-refractivity contribution is 0.0389. The van der Waals surface area contributed by atoms with Crippen molar-refractivity contribution in [2.24, 2.45) is 4.99 Å². The lowest BCUT2D eigenvalue weighted by Gasteiger charge is -2.26. The Labute approximate surface area is 176 Å². The molecule has 29 heavy (non-hydrogen) atoms. The molecule has 6 heteroatoms. The molecule has 162 valence electrons. The minimum atomic E-state index is 0.705. The number of likely N-dealkylation sites (tertiary alicyclic amines) is 1.